The minimum absolute atomic E-state index is 0.0924. The summed E-state index contributed by atoms with van der Waals surface area (Å²) in [6.45, 7) is 7.72. The van der Waals surface area contributed by atoms with Crippen molar-refractivity contribution < 1.29 is 23.4 Å². The summed E-state index contributed by atoms with van der Waals surface area (Å²) in [6, 6.07) is 12.8. The Bertz CT molecular complexity index is 1070. The number of hydrogen-bond donors (Lipinski definition) is 1. The third kappa shape index (κ3) is 6.72. The topological polar surface area (TPSA) is 59.8 Å². The van der Waals surface area contributed by atoms with Gasteiger partial charge in [-0.05, 0) is 25.1 Å². The molecular formula is C26H31F2N3O3. The van der Waals surface area contributed by atoms with Gasteiger partial charge in [-0.1, -0.05) is 43.3 Å². The Hall–Kier alpha value is -3.07. The molecule has 3 rings (SSSR count). The molecule has 0 saturated heterocycles. The Morgan fingerprint density at radius 2 is 1.97 bits per heavy atom. The van der Waals surface area contributed by atoms with Crippen molar-refractivity contribution in [1.82, 2.24) is 14.7 Å². The largest absolute Gasteiger partial charge is 0.436 e. The van der Waals surface area contributed by atoms with Gasteiger partial charge in [0.15, 0.2) is 11.6 Å². The Labute approximate surface area is 199 Å². The molecule has 3 aromatic rings. The monoisotopic (exact) mass is 471 g/mol. The molecule has 8 heteroatoms. The molecule has 1 N–H and O–H groups in total. The van der Waals surface area contributed by atoms with Gasteiger partial charge in [0.2, 0.25) is 5.88 Å². The molecule has 1 atom stereocenters. The minimum Gasteiger partial charge on any atom is -0.436 e. The van der Waals surface area contributed by atoms with E-state index in [1.165, 1.54) is 6.07 Å². The summed E-state index contributed by atoms with van der Waals surface area (Å²) in [7, 11) is 1.72. The van der Waals surface area contributed by atoms with Gasteiger partial charge in [0.05, 0.1) is 24.9 Å². The molecule has 2 aromatic carbocycles. The molecule has 182 valence electrons. The van der Waals surface area contributed by atoms with Crippen LogP contribution in [0.1, 0.15) is 18.9 Å². The zero-order valence-electron chi connectivity index (χ0n) is 19.6. The predicted molar refractivity (Wildman–Crippen MR) is 128 cm³/mol. The quantitative estimate of drug-likeness (QED) is 0.283. The molecule has 0 amide bonds. The first-order valence-corrected chi connectivity index (χ1v) is 11.3. The number of halogens is 2. The van der Waals surface area contributed by atoms with E-state index in [0.29, 0.717) is 37.8 Å². The second kappa shape index (κ2) is 12.4. The molecule has 0 fully saturated rings. The molecule has 1 aromatic heterocycles. The highest BCUT2D eigenvalue weighted by atomic mass is 19.1. The van der Waals surface area contributed by atoms with E-state index < -0.39 is 17.7 Å². The highest BCUT2D eigenvalue weighted by Crippen LogP contribution is 2.35. The maximum atomic E-state index is 14.4. The lowest BCUT2D eigenvalue weighted by molar-refractivity contribution is 0.0245. The third-order valence-corrected chi connectivity index (χ3v) is 5.17. The van der Waals surface area contributed by atoms with Crippen LogP contribution in [0.15, 0.2) is 61.2 Å². The number of aryl methyl sites for hydroxylation is 1. The summed E-state index contributed by atoms with van der Waals surface area (Å²) < 4.78 is 40.6. The van der Waals surface area contributed by atoms with Gasteiger partial charge in [-0.3, -0.25) is 4.90 Å². The van der Waals surface area contributed by atoms with Crippen molar-refractivity contribution in [3.8, 4) is 22.9 Å². The van der Waals surface area contributed by atoms with Crippen LogP contribution in [0.3, 0.4) is 0 Å². The zero-order chi connectivity index (χ0) is 24.5. The summed E-state index contributed by atoms with van der Waals surface area (Å²) >= 11 is 0. The van der Waals surface area contributed by atoms with E-state index in [1.807, 2.05) is 30.3 Å². The molecule has 0 aliphatic rings. The van der Waals surface area contributed by atoms with Gasteiger partial charge >= 0.3 is 0 Å². The fourth-order valence-corrected chi connectivity index (χ4v) is 3.73. The van der Waals surface area contributed by atoms with Crippen LogP contribution >= 0.6 is 0 Å². The summed E-state index contributed by atoms with van der Waals surface area (Å²) in [5.74, 6) is -1.22. The van der Waals surface area contributed by atoms with Crippen LogP contribution in [0, 0.1) is 11.6 Å². The van der Waals surface area contributed by atoms with Gasteiger partial charge in [0, 0.05) is 31.8 Å². The molecule has 0 saturated carbocycles. The summed E-state index contributed by atoms with van der Waals surface area (Å²) in [5, 5.41) is 15.1. The zero-order valence-corrected chi connectivity index (χ0v) is 19.6. The average Bonchev–Trinajstić information content (AvgIpc) is 3.11. The number of benzene rings is 2. The third-order valence-electron chi connectivity index (χ3n) is 5.17. The van der Waals surface area contributed by atoms with Gasteiger partial charge in [0.25, 0.3) is 0 Å². The van der Waals surface area contributed by atoms with E-state index in [2.05, 4.69) is 23.5 Å². The van der Waals surface area contributed by atoms with Gasteiger partial charge in [-0.25, -0.2) is 13.5 Å². The number of aromatic nitrogens is 2. The van der Waals surface area contributed by atoms with Crippen molar-refractivity contribution in [2.75, 3.05) is 26.3 Å². The lowest BCUT2D eigenvalue weighted by Gasteiger charge is -2.25. The number of hydrogen-bond acceptors (Lipinski definition) is 5. The van der Waals surface area contributed by atoms with E-state index in [0.717, 1.165) is 29.7 Å². The van der Waals surface area contributed by atoms with Crippen molar-refractivity contribution in [3.63, 3.8) is 0 Å². The highest BCUT2D eigenvalue weighted by Gasteiger charge is 2.24. The van der Waals surface area contributed by atoms with Gasteiger partial charge < -0.3 is 14.6 Å². The summed E-state index contributed by atoms with van der Waals surface area (Å²) in [4.78, 5) is 2.08. The highest BCUT2D eigenvalue weighted by molar-refractivity contribution is 5.65. The number of aliphatic hydroxyl groups excluding tert-OH is 1. The van der Waals surface area contributed by atoms with Crippen LogP contribution < -0.4 is 4.74 Å². The fraction of sp³-hybridized carbons (Fsp3) is 0.346. The van der Waals surface area contributed by atoms with Crippen LogP contribution in [-0.4, -0.2) is 52.2 Å². The first kappa shape index (κ1) is 25.6. The first-order chi connectivity index (χ1) is 16.4. The molecule has 0 spiro atoms. The molecule has 0 radical (unpaired) electrons. The van der Waals surface area contributed by atoms with E-state index in [9.17, 15) is 13.9 Å². The molecule has 34 heavy (non-hydrogen) atoms. The Morgan fingerprint density at radius 3 is 2.65 bits per heavy atom. The normalized spacial score (nSPS) is 12.2. The Balaban J connectivity index is 1.95. The maximum Gasteiger partial charge on any atom is 0.222 e. The van der Waals surface area contributed by atoms with E-state index in [-0.39, 0.29) is 12.4 Å². The lowest BCUT2D eigenvalue weighted by atomic mass is 10.1. The summed E-state index contributed by atoms with van der Waals surface area (Å²) in [5.41, 5.74) is 2.32. The molecule has 0 bridgehead atoms. The molecule has 0 aliphatic carbocycles. The SMILES string of the molecule is C=CCOC[C@@H](O)CN(CCC)Cc1c(-c2ccccc2)nn(C)c1Oc1ccc(F)cc1F. The lowest BCUT2D eigenvalue weighted by Crippen LogP contribution is -2.35. The van der Waals surface area contributed by atoms with Crippen LogP contribution in [0.5, 0.6) is 11.6 Å². The van der Waals surface area contributed by atoms with Gasteiger partial charge in [-0.15, -0.1) is 6.58 Å². The molecule has 6 nitrogen and oxygen atoms in total. The smallest absolute Gasteiger partial charge is 0.222 e. The number of ether oxygens (including phenoxy) is 2. The Kier molecular flexibility index (Phi) is 9.33. The van der Waals surface area contributed by atoms with Crippen molar-refractivity contribution in [3.05, 3.63) is 78.4 Å². The maximum absolute atomic E-state index is 14.4. The van der Waals surface area contributed by atoms with Crippen LogP contribution in [-0.2, 0) is 18.3 Å². The molecule has 1 heterocycles. The second-order valence-corrected chi connectivity index (χ2v) is 8.01. The van der Waals surface area contributed by atoms with Crippen LogP contribution in [0.4, 0.5) is 8.78 Å². The first-order valence-electron chi connectivity index (χ1n) is 11.3. The fourth-order valence-electron chi connectivity index (χ4n) is 3.73. The number of rotatable bonds is 13. The molecular weight excluding hydrogens is 440 g/mol. The number of aliphatic hydroxyl groups is 1. The van der Waals surface area contributed by atoms with Gasteiger partial charge in [0.1, 0.15) is 11.5 Å². The van der Waals surface area contributed by atoms with Crippen molar-refractivity contribution in [2.45, 2.75) is 26.0 Å². The van der Waals surface area contributed by atoms with E-state index in [1.54, 1.807) is 17.8 Å². The van der Waals surface area contributed by atoms with Crippen molar-refractivity contribution >= 4 is 0 Å². The summed E-state index contributed by atoms with van der Waals surface area (Å²) in [6.07, 6.45) is 1.81. The predicted octanol–water partition coefficient (Wildman–Crippen LogP) is 4.93. The van der Waals surface area contributed by atoms with E-state index in [4.69, 9.17) is 9.47 Å². The number of nitrogens with zero attached hydrogens (tertiary/aromatic N) is 3. The standard InChI is InChI=1S/C26H31F2N3O3/c1-4-13-31(16-21(32)18-33-14-5-2)17-22-25(19-9-7-6-8-10-19)29-30(3)26(22)34-24-12-11-20(27)15-23(24)28/h5-12,15,21,32H,2,4,13-14,16-18H2,1,3H3/t21-/m0/s1. The van der Waals surface area contributed by atoms with Crippen molar-refractivity contribution in [1.29, 1.82) is 0 Å². The van der Waals surface area contributed by atoms with Gasteiger partial charge in [-0.2, -0.15) is 5.10 Å². The molecule has 0 unspecified atom stereocenters. The van der Waals surface area contributed by atoms with E-state index >= 15 is 0 Å². The Morgan fingerprint density at radius 1 is 1.21 bits per heavy atom. The second-order valence-electron chi connectivity index (χ2n) is 8.01. The minimum atomic E-state index is -0.798. The van der Waals surface area contributed by atoms with Crippen LogP contribution in [0.25, 0.3) is 11.3 Å². The van der Waals surface area contributed by atoms with Crippen molar-refractivity contribution in [2.24, 2.45) is 7.05 Å². The van der Waals surface area contributed by atoms with Crippen LogP contribution in [0.2, 0.25) is 0 Å². The molecule has 0 aliphatic heterocycles. The average molecular weight is 472 g/mol.